The second-order valence-corrected chi connectivity index (χ2v) is 5.67. The van der Waals surface area contributed by atoms with Gasteiger partial charge in [0.05, 0.1) is 0 Å². The van der Waals surface area contributed by atoms with Gasteiger partial charge in [0.2, 0.25) is 0 Å². The molecule has 1 aromatic rings. The fraction of sp³-hybridized carbons (Fsp3) is 0.500. The number of hydrogen-bond acceptors (Lipinski definition) is 0. The van der Waals surface area contributed by atoms with E-state index in [0.29, 0.717) is 0 Å². The molecular formula is C16H24Si. The van der Waals surface area contributed by atoms with Gasteiger partial charge in [-0.1, -0.05) is 86.3 Å². The van der Waals surface area contributed by atoms with Crippen LogP contribution in [0.4, 0.5) is 0 Å². The number of hydrogen-bond donors (Lipinski definition) is 0. The van der Waals surface area contributed by atoms with Gasteiger partial charge in [0, 0.05) is 0 Å². The minimum Gasteiger partial charge on any atom is -0.0973 e. The van der Waals surface area contributed by atoms with Gasteiger partial charge in [-0.15, -0.1) is 0 Å². The molecule has 1 aromatic carbocycles. The molecule has 0 amide bonds. The maximum atomic E-state index is 2.35. The fourth-order valence-corrected chi connectivity index (χ4v) is 2.68. The van der Waals surface area contributed by atoms with E-state index in [9.17, 15) is 0 Å². The molecule has 1 heteroatoms. The lowest BCUT2D eigenvalue weighted by Crippen LogP contribution is -2.10. The molecule has 0 nitrogen and oxygen atoms in total. The van der Waals surface area contributed by atoms with Crippen molar-refractivity contribution in [2.45, 2.75) is 51.9 Å². The first-order chi connectivity index (χ1) is 8.43. The molecule has 0 aliphatic carbocycles. The molecule has 92 valence electrons. The molecule has 0 atom stereocenters. The standard InChI is InChI=1S/C16H24Si/c1-2-3-4-5-6-7-8-12-15-17-16-13-10-9-11-14-16/h9-15H,2-8H2,1H3/b15-12+. The van der Waals surface area contributed by atoms with E-state index >= 15 is 0 Å². The largest absolute Gasteiger partial charge is 0.111 e. The van der Waals surface area contributed by atoms with Crippen molar-refractivity contribution < 1.29 is 0 Å². The highest BCUT2D eigenvalue weighted by molar-refractivity contribution is 6.58. The number of benzene rings is 1. The number of unbranched alkanes of at least 4 members (excludes halogenated alkanes) is 6. The van der Waals surface area contributed by atoms with Crippen LogP contribution in [-0.4, -0.2) is 9.52 Å². The van der Waals surface area contributed by atoms with Crippen molar-refractivity contribution in [3.05, 3.63) is 42.1 Å². The van der Waals surface area contributed by atoms with E-state index in [4.69, 9.17) is 0 Å². The first-order valence-electron chi connectivity index (χ1n) is 6.90. The number of allylic oxidation sites excluding steroid dienone is 1. The molecule has 17 heavy (non-hydrogen) atoms. The Morgan fingerprint density at radius 3 is 2.41 bits per heavy atom. The molecule has 0 fully saturated rings. The summed E-state index contributed by atoms with van der Waals surface area (Å²) in [5, 5.41) is 1.44. The Morgan fingerprint density at radius 1 is 0.941 bits per heavy atom. The van der Waals surface area contributed by atoms with E-state index < -0.39 is 0 Å². The summed E-state index contributed by atoms with van der Waals surface area (Å²) in [6, 6.07) is 10.7. The third-order valence-corrected chi connectivity index (χ3v) is 3.94. The van der Waals surface area contributed by atoms with Gasteiger partial charge < -0.3 is 0 Å². The lowest BCUT2D eigenvalue weighted by atomic mass is 10.1. The summed E-state index contributed by atoms with van der Waals surface area (Å²) < 4.78 is 0. The third kappa shape index (κ3) is 7.98. The van der Waals surface area contributed by atoms with Crippen molar-refractivity contribution in [1.29, 1.82) is 0 Å². The highest BCUT2D eigenvalue weighted by Crippen LogP contribution is 2.06. The summed E-state index contributed by atoms with van der Waals surface area (Å²) in [6.45, 7) is 2.27. The van der Waals surface area contributed by atoms with E-state index in [0.717, 1.165) is 9.52 Å². The van der Waals surface area contributed by atoms with Gasteiger partial charge in [0.15, 0.2) is 0 Å². The minimum absolute atomic E-state index is 0.836. The van der Waals surface area contributed by atoms with Crippen LogP contribution in [0.1, 0.15) is 51.9 Å². The fourth-order valence-electron chi connectivity index (χ4n) is 1.82. The quantitative estimate of drug-likeness (QED) is 0.449. The van der Waals surface area contributed by atoms with Crippen LogP contribution in [0.25, 0.3) is 0 Å². The van der Waals surface area contributed by atoms with E-state index in [2.05, 4.69) is 49.0 Å². The second-order valence-electron chi connectivity index (χ2n) is 4.47. The Balaban J connectivity index is 1.96. The lowest BCUT2D eigenvalue weighted by molar-refractivity contribution is 0.611. The first kappa shape index (κ1) is 14.2. The predicted molar refractivity (Wildman–Crippen MR) is 79.0 cm³/mol. The van der Waals surface area contributed by atoms with Crippen LogP contribution in [0.2, 0.25) is 0 Å². The van der Waals surface area contributed by atoms with Gasteiger partial charge in [0.1, 0.15) is 9.52 Å². The Hall–Kier alpha value is -0.823. The molecule has 0 aromatic heterocycles. The van der Waals surface area contributed by atoms with Crippen LogP contribution in [0.15, 0.2) is 42.1 Å². The predicted octanol–water partition coefficient (Wildman–Crippen LogP) is 4.28. The third-order valence-electron chi connectivity index (χ3n) is 2.87. The molecule has 0 heterocycles. The molecule has 0 bridgehead atoms. The van der Waals surface area contributed by atoms with E-state index in [1.807, 2.05) is 0 Å². The SMILES string of the molecule is CCCCCCCC/C=C/[Si]c1ccccc1. The second kappa shape index (κ2) is 10.3. The average molecular weight is 244 g/mol. The Bertz CT molecular complexity index is 290. The Labute approximate surface area is 109 Å². The topological polar surface area (TPSA) is 0 Å². The van der Waals surface area contributed by atoms with Crippen molar-refractivity contribution in [3.8, 4) is 0 Å². The van der Waals surface area contributed by atoms with E-state index in [1.54, 1.807) is 0 Å². The molecule has 0 saturated heterocycles. The molecule has 0 saturated carbocycles. The Morgan fingerprint density at radius 2 is 1.65 bits per heavy atom. The molecular weight excluding hydrogens is 220 g/mol. The molecule has 0 spiro atoms. The van der Waals surface area contributed by atoms with Crippen LogP contribution in [0, 0.1) is 0 Å². The lowest BCUT2D eigenvalue weighted by Gasteiger charge is -1.97. The maximum Gasteiger partial charge on any atom is 0.111 e. The van der Waals surface area contributed by atoms with Crippen molar-refractivity contribution in [2.75, 3.05) is 0 Å². The molecule has 0 unspecified atom stereocenters. The monoisotopic (exact) mass is 244 g/mol. The van der Waals surface area contributed by atoms with Gasteiger partial charge in [-0.2, -0.15) is 0 Å². The number of rotatable bonds is 9. The van der Waals surface area contributed by atoms with Crippen LogP contribution < -0.4 is 5.19 Å². The van der Waals surface area contributed by atoms with Crippen molar-refractivity contribution in [3.63, 3.8) is 0 Å². The zero-order valence-corrected chi connectivity index (χ0v) is 12.0. The zero-order valence-electron chi connectivity index (χ0n) is 11.0. The van der Waals surface area contributed by atoms with Crippen molar-refractivity contribution in [1.82, 2.24) is 0 Å². The van der Waals surface area contributed by atoms with E-state index in [-0.39, 0.29) is 0 Å². The van der Waals surface area contributed by atoms with Gasteiger partial charge in [-0.25, -0.2) is 0 Å². The summed E-state index contributed by atoms with van der Waals surface area (Å²) in [4.78, 5) is 0. The molecule has 0 aliphatic heterocycles. The summed E-state index contributed by atoms with van der Waals surface area (Å²) in [5.41, 5.74) is 2.33. The summed E-state index contributed by atoms with van der Waals surface area (Å²) in [7, 11) is 0.836. The smallest absolute Gasteiger partial charge is 0.0973 e. The van der Waals surface area contributed by atoms with Gasteiger partial charge in [-0.05, 0) is 12.8 Å². The summed E-state index contributed by atoms with van der Waals surface area (Å²) in [5.74, 6) is 0. The highest BCUT2D eigenvalue weighted by Gasteiger charge is 1.89. The molecule has 0 N–H and O–H groups in total. The van der Waals surface area contributed by atoms with Crippen LogP contribution >= 0.6 is 0 Å². The van der Waals surface area contributed by atoms with Crippen LogP contribution in [-0.2, 0) is 0 Å². The van der Waals surface area contributed by atoms with Crippen LogP contribution in [0.5, 0.6) is 0 Å². The zero-order chi connectivity index (χ0) is 12.2. The minimum atomic E-state index is 0.836. The summed E-state index contributed by atoms with van der Waals surface area (Å²) >= 11 is 0. The van der Waals surface area contributed by atoms with Crippen molar-refractivity contribution in [2.24, 2.45) is 0 Å². The molecule has 0 aliphatic rings. The van der Waals surface area contributed by atoms with Gasteiger partial charge >= 0.3 is 0 Å². The van der Waals surface area contributed by atoms with Gasteiger partial charge in [-0.3, -0.25) is 0 Å². The highest BCUT2D eigenvalue weighted by atomic mass is 28.2. The van der Waals surface area contributed by atoms with Crippen LogP contribution in [0.3, 0.4) is 0 Å². The van der Waals surface area contributed by atoms with Crippen molar-refractivity contribution >= 4 is 14.7 Å². The maximum absolute atomic E-state index is 2.35. The average Bonchev–Trinajstić information content (AvgIpc) is 2.38. The first-order valence-corrected chi connectivity index (χ1v) is 7.98. The molecule has 2 radical (unpaired) electrons. The Kier molecular flexibility index (Phi) is 8.66. The summed E-state index contributed by atoms with van der Waals surface area (Å²) in [6.07, 6.45) is 12.0. The molecule has 1 rings (SSSR count). The normalized spacial score (nSPS) is 11.1. The van der Waals surface area contributed by atoms with E-state index in [1.165, 1.54) is 50.1 Å². The van der Waals surface area contributed by atoms with Gasteiger partial charge in [0.25, 0.3) is 0 Å².